The van der Waals surface area contributed by atoms with Gasteiger partial charge in [0.25, 0.3) is 0 Å². The van der Waals surface area contributed by atoms with Gasteiger partial charge in [-0.1, -0.05) is 64.7 Å². The van der Waals surface area contributed by atoms with E-state index in [1.54, 1.807) is 13.8 Å². The van der Waals surface area contributed by atoms with Crippen molar-refractivity contribution < 1.29 is 16.8 Å². The van der Waals surface area contributed by atoms with Gasteiger partial charge in [-0.05, 0) is 20.3 Å². The molecule has 4 nitrogen and oxygen atoms in total. The predicted molar refractivity (Wildman–Crippen MR) is 90.1 cm³/mol. The van der Waals surface area contributed by atoms with Crippen molar-refractivity contribution in [3.63, 3.8) is 0 Å². The zero-order chi connectivity index (χ0) is 15.3. The average Bonchev–Trinajstić information content (AvgIpc) is 2.34. The molecule has 6 heteroatoms. The van der Waals surface area contributed by atoms with Gasteiger partial charge < -0.3 is 0 Å². The van der Waals surface area contributed by atoms with Crippen molar-refractivity contribution in [1.82, 2.24) is 0 Å². The number of unbranched alkanes of at least 4 members (excludes halogenated alkanes) is 9. The Morgan fingerprint density at radius 2 is 1.24 bits per heavy atom. The maximum atomic E-state index is 11.3. The van der Waals surface area contributed by atoms with Crippen LogP contribution in [0, 0.1) is 0 Å². The molecule has 0 N–H and O–H groups in total. The van der Waals surface area contributed by atoms with Crippen molar-refractivity contribution in [1.29, 1.82) is 0 Å². The molecule has 0 radical (unpaired) electrons. The van der Waals surface area contributed by atoms with Gasteiger partial charge in [0, 0.05) is 0 Å². The molecule has 0 aliphatic carbocycles. The van der Waals surface area contributed by atoms with Crippen molar-refractivity contribution in [2.24, 2.45) is 0 Å². The number of hydrogen-bond acceptors (Lipinski definition) is 4. The molecule has 0 saturated heterocycles. The molecule has 0 aliphatic rings. The average molecular weight is 332 g/mol. The molecular formula is C15H33NaO4S. The van der Waals surface area contributed by atoms with Crippen LogP contribution in [0.4, 0.5) is 0 Å². The van der Waals surface area contributed by atoms with Crippen molar-refractivity contribution in [3.8, 4) is 0 Å². The zero-order valence-corrected chi connectivity index (χ0v) is 14.2. The fraction of sp³-hybridized carbons (Fsp3) is 1.00. The molecule has 21 heavy (non-hydrogen) atoms. The van der Waals surface area contributed by atoms with Gasteiger partial charge in [-0.3, -0.25) is 0 Å². The van der Waals surface area contributed by atoms with Crippen LogP contribution < -0.4 is 0 Å². The van der Waals surface area contributed by atoms with Gasteiger partial charge in [-0.15, -0.1) is 0 Å². The Labute approximate surface area is 154 Å². The van der Waals surface area contributed by atoms with Gasteiger partial charge in [0.1, 0.15) is 0 Å². The fourth-order valence-corrected chi connectivity index (χ4v) is 2.86. The molecule has 0 aromatic heterocycles. The first-order chi connectivity index (χ1) is 9.48. The normalized spacial score (nSPS) is 11.6. The van der Waals surface area contributed by atoms with Gasteiger partial charge in [-0.2, -0.15) is 8.42 Å². The molecular weight excluding hydrogens is 299 g/mol. The molecule has 0 unspecified atom stereocenters. The number of hydrogen-bond donors (Lipinski definition) is 0. The van der Waals surface area contributed by atoms with Gasteiger partial charge in [-0.25, -0.2) is 8.37 Å². The van der Waals surface area contributed by atoms with E-state index in [0.717, 1.165) is 19.3 Å². The van der Waals surface area contributed by atoms with E-state index in [1.165, 1.54) is 44.9 Å². The first-order valence-corrected chi connectivity index (χ1v) is 9.39. The summed E-state index contributed by atoms with van der Waals surface area (Å²) in [6, 6.07) is 0. The fourth-order valence-electron chi connectivity index (χ4n) is 2.01. The van der Waals surface area contributed by atoms with Crippen LogP contribution in [0.25, 0.3) is 0 Å². The quantitative estimate of drug-likeness (QED) is 0.357. The Kier molecular flexibility index (Phi) is 18.1. The van der Waals surface area contributed by atoms with E-state index in [0.29, 0.717) is 0 Å². The molecule has 0 fully saturated rings. The van der Waals surface area contributed by atoms with Crippen LogP contribution in [0.1, 0.15) is 85.0 Å². The van der Waals surface area contributed by atoms with Gasteiger partial charge in [0.2, 0.25) is 0 Å². The third kappa shape index (κ3) is 18.8. The predicted octanol–water partition coefficient (Wildman–Crippen LogP) is 3.95. The molecule has 0 amide bonds. The summed E-state index contributed by atoms with van der Waals surface area (Å²) >= 11 is 0. The standard InChI is InChI=1S/C15H32O4S.Na.H/c1-4-5-6-7-8-9-10-11-12-13-14-18-20(16,17)19-15(2)3;;/h15H,4-14H2,1-3H3;;. The van der Waals surface area contributed by atoms with E-state index < -0.39 is 10.4 Å². The maximum absolute atomic E-state index is 11.3. The van der Waals surface area contributed by atoms with Crippen molar-refractivity contribution in [2.45, 2.75) is 91.1 Å². The van der Waals surface area contributed by atoms with E-state index in [4.69, 9.17) is 4.18 Å². The minimum absolute atomic E-state index is 0. The third-order valence-electron chi connectivity index (χ3n) is 3.04. The van der Waals surface area contributed by atoms with E-state index in [2.05, 4.69) is 11.1 Å². The molecule has 0 atom stereocenters. The molecule has 0 heterocycles. The first kappa shape index (κ1) is 24.1. The summed E-state index contributed by atoms with van der Waals surface area (Å²) in [6.45, 7) is 5.79. The summed E-state index contributed by atoms with van der Waals surface area (Å²) in [7, 11) is -3.79. The van der Waals surface area contributed by atoms with Crippen LogP contribution in [-0.4, -0.2) is 50.7 Å². The molecule has 0 saturated carbocycles. The van der Waals surface area contributed by atoms with Crippen molar-refractivity contribution >= 4 is 40.0 Å². The Hall–Kier alpha value is 0.870. The third-order valence-corrected chi connectivity index (χ3v) is 4.11. The topological polar surface area (TPSA) is 52.6 Å². The molecule has 0 aromatic carbocycles. The van der Waals surface area contributed by atoms with Crippen molar-refractivity contribution in [3.05, 3.63) is 0 Å². The first-order valence-electron chi connectivity index (χ1n) is 8.05. The molecule has 0 spiro atoms. The number of rotatable bonds is 14. The zero-order valence-electron chi connectivity index (χ0n) is 13.4. The van der Waals surface area contributed by atoms with Crippen LogP contribution >= 0.6 is 0 Å². The van der Waals surface area contributed by atoms with E-state index >= 15 is 0 Å². The molecule has 0 bridgehead atoms. The van der Waals surface area contributed by atoms with E-state index in [-0.39, 0.29) is 42.3 Å². The second-order valence-electron chi connectivity index (χ2n) is 5.56. The van der Waals surface area contributed by atoms with Gasteiger partial charge in [0.05, 0.1) is 12.7 Å². The summed E-state index contributed by atoms with van der Waals surface area (Å²) in [5.41, 5.74) is 0. The molecule has 0 aliphatic heterocycles. The van der Waals surface area contributed by atoms with Crippen LogP contribution in [-0.2, 0) is 18.8 Å². The second-order valence-corrected chi connectivity index (χ2v) is 6.80. The van der Waals surface area contributed by atoms with E-state index in [1.807, 2.05) is 0 Å². The van der Waals surface area contributed by atoms with Crippen LogP contribution in [0.5, 0.6) is 0 Å². The Morgan fingerprint density at radius 1 is 0.810 bits per heavy atom. The summed E-state index contributed by atoms with van der Waals surface area (Å²) in [5, 5.41) is 0. The summed E-state index contributed by atoms with van der Waals surface area (Å²) < 4.78 is 32.0. The molecule has 0 rings (SSSR count). The van der Waals surface area contributed by atoms with Crippen molar-refractivity contribution in [2.75, 3.05) is 6.61 Å². The van der Waals surface area contributed by atoms with Crippen LogP contribution in [0.2, 0.25) is 0 Å². The van der Waals surface area contributed by atoms with Gasteiger partial charge in [0.15, 0.2) is 0 Å². The summed E-state index contributed by atoms with van der Waals surface area (Å²) in [6.07, 6.45) is 11.8. The molecule has 0 aromatic rings. The Balaban J connectivity index is 0. The Bertz CT molecular complexity index is 305. The minimum atomic E-state index is -3.79. The second kappa shape index (κ2) is 15.8. The molecule has 124 valence electrons. The van der Waals surface area contributed by atoms with Crippen LogP contribution in [0.15, 0.2) is 0 Å². The van der Waals surface area contributed by atoms with Gasteiger partial charge >= 0.3 is 40.0 Å². The van der Waals surface area contributed by atoms with Crippen LogP contribution in [0.3, 0.4) is 0 Å². The SMILES string of the molecule is CCCCCCCCCCCCOS(=O)(=O)OC(C)C.[NaH]. The van der Waals surface area contributed by atoms with E-state index in [9.17, 15) is 8.42 Å². The Morgan fingerprint density at radius 3 is 1.67 bits per heavy atom. The summed E-state index contributed by atoms with van der Waals surface area (Å²) in [4.78, 5) is 0. The summed E-state index contributed by atoms with van der Waals surface area (Å²) in [5.74, 6) is 0. The monoisotopic (exact) mass is 332 g/mol.